The van der Waals surface area contributed by atoms with Gasteiger partial charge in [0.25, 0.3) is 5.91 Å². The molecule has 0 atom stereocenters. The van der Waals surface area contributed by atoms with Crippen molar-refractivity contribution in [3.05, 3.63) is 48.4 Å². The van der Waals surface area contributed by atoms with Crippen LogP contribution in [0.1, 0.15) is 36.5 Å². The van der Waals surface area contributed by atoms with Crippen molar-refractivity contribution in [2.75, 3.05) is 18.4 Å². The number of hydrogen-bond donors (Lipinski definition) is 1. The molecule has 3 aromatic rings. The molecule has 2 amide bonds. The summed E-state index contributed by atoms with van der Waals surface area (Å²) in [5.74, 6) is 0.411. The van der Waals surface area contributed by atoms with Crippen molar-refractivity contribution in [2.24, 2.45) is 5.92 Å². The summed E-state index contributed by atoms with van der Waals surface area (Å²) in [7, 11) is 0. The van der Waals surface area contributed by atoms with E-state index in [0.29, 0.717) is 37.4 Å². The minimum Gasteiger partial charge on any atom is -0.472 e. The van der Waals surface area contributed by atoms with Gasteiger partial charge in [-0.15, -0.1) is 0 Å². The zero-order valence-corrected chi connectivity index (χ0v) is 15.9. The fraction of sp³-hybridized carbons (Fsp3) is 0.381. The van der Waals surface area contributed by atoms with Gasteiger partial charge in [0.05, 0.1) is 22.9 Å². The predicted octanol–water partition coefficient (Wildman–Crippen LogP) is 3.53. The number of nitrogens with zero attached hydrogens (tertiary/aromatic N) is 3. The molecular weight excluding hydrogens is 356 g/mol. The van der Waals surface area contributed by atoms with Crippen LogP contribution in [0.2, 0.25) is 0 Å². The number of anilines is 1. The van der Waals surface area contributed by atoms with Crippen molar-refractivity contribution >= 4 is 28.8 Å². The quantitative estimate of drug-likeness (QED) is 0.734. The lowest BCUT2D eigenvalue weighted by Crippen LogP contribution is -2.41. The van der Waals surface area contributed by atoms with Crippen molar-refractivity contribution in [1.82, 2.24) is 14.5 Å². The number of carbonyl (C=O) groups excluding carboxylic acids is 2. The standard InChI is InChI=1S/C21H24N4O3/c1-2-10-25-18-6-4-3-5-17(18)22-21(25)23-19(26)15-7-11-24(12-8-15)20(27)16-9-13-28-14-16/h3-6,9,13-15H,2,7-8,10-12H2,1H3,(H,22,23,26). The Kier molecular flexibility index (Phi) is 5.14. The van der Waals surface area contributed by atoms with Crippen molar-refractivity contribution in [2.45, 2.75) is 32.7 Å². The Labute approximate surface area is 163 Å². The molecule has 1 aliphatic rings. The van der Waals surface area contributed by atoms with Crippen LogP contribution in [0.15, 0.2) is 47.3 Å². The van der Waals surface area contributed by atoms with E-state index in [0.717, 1.165) is 24.0 Å². The molecule has 2 aromatic heterocycles. The Bertz CT molecular complexity index is 969. The molecule has 0 spiro atoms. The Balaban J connectivity index is 1.42. The van der Waals surface area contributed by atoms with Crippen molar-refractivity contribution in [1.29, 1.82) is 0 Å². The van der Waals surface area contributed by atoms with Crippen molar-refractivity contribution in [3.63, 3.8) is 0 Å². The molecule has 28 heavy (non-hydrogen) atoms. The highest BCUT2D eigenvalue weighted by Gasteiger charge is 2.29. The number of aromatic nitrogens is 2. The van der Waals surface area contributed by atoms with Crippen molar-refractivity contribution < 1.29 is 14.0 Å². The number of rotatable bonds is 5. The maximum absolute atomic E-state index is 12.8. The second-order valence-corrected chi connectivity index (χ2v) is 7.14. The number of likely N-dealkylation sites (tertiary alicyclic amines) is 1. The number of aryl methyl sites for hydroxylation is 1. The minimum atomic E-state index is -0.122. The summed E-state index contributed by atoms with van der Waals surface area (Å²) in [6.45, 7) is 4.03. The van der Waals surface area contributed by atoms with E-state index in [-0.39, 0.29) is 17.7 Å². The average Bonchev–Trinajstić information content (AvgIpc) is 3.37. The van der Waals surface area contributed by atoms with E-state index < -0.39 is 0 Å². The van der Waals surface area contributed by atoms with Gasteiger partial charge < -0.3 is 13.9 Å². The van der Waals surface area contributed by atoms with Crippen LogP contribution in [-0.4, -0.2) is 39.4 Å². The Morgan fingerprint density at radius 1 is 1.21 bits per heavy atom. The summed E-state index contributed by atoms with van der Waals surface area (Å²) in [6, 6.07) is 9.57. The maximum Gasteiger partial charge on any atom is 0.257 e. The second-order valence-electron chi connectivity index (χ2n) is 7.14. The molecule has 7 nitrogen and oxygen atoms in total. The predicted molar refractivity (Wildman–Crippen MR) is 106 cm³/mol. The first-order valence-corrected chi connectivity index (χ1v) is 9.75. The monoisotopic (exact) mass is 380 g/mol. The Morgan fingerprint density at radius 3 is 2.71 bits per heavy atom. The van der Waals surface area contributed by atoms with Crippen LogP contribution in [0.5, 0.6) is 0 Å². The van der Waals surface area contributed by atoms with Gasteiger partial charge in [-0.2, -0.15) is 0 Å². The lowest BCUT2D eigenvalue weighted by Gasteiger charge is -2.31. The first-order chi connectivity index (χ1) is 13.7. The van der Waals surface area contributed by atoms with Crippen LogP contribution in [0.4, 0.5) is 5.95 Å². The number of amides is 2. The molecule has 1 aliphatic heterocycles. The van der Waals surface area contributed by atoms with Crippen LogP contribution in [0.3, 0.4) is 0 Å². The first-order valence-electron chi connectivity index (χ1n) is 9.75. The van der Waals surface area contributed by atoms with E-state index >= 15 is 0 Å². The topological polar surface area (TPSA) is 80.4 Å². The summed E-state index contributed by atoms with van der Waals surface area (Å²) in [6.07, 6.45) is 5.19. The van der Waals surface area contributed by atoms with E-state index in [1.165, 1.54) is 12.5 Å². The molecule has 0 saturated carbocycles. The summed E-state index contributed by atoms with van der Waals surface area (Å²) in [4.78, 5) is 31.6. The fourth-order valence-electron chi connectivity index (χ4n) is 3.75. The van der Waals surface area contributed by atoms with Gasteiger partial charge in [-0.25, -0.2) is 4.98 Å². The van der Waals surface area contributed by atoms with Crippen LogP contribution in [0.25, 0.3) is 11.0 Å². The number of carbonyl (C=O) groups is 2. The van der Waals surface area contributed by atoms with Gasteiger partial charge in [0.2, 0.25) is 11.9 Å². The number of nitrogens with one attached hydrogen (secondary N) is 1. The van der Waals surface area contributed by atoms with Gasteiger partial charge in [-0.1, -0.05) is 19.1 Å². The van der Waals surface area contributed by atoms with Gasteiger partial charge >= 0.3 is 0 Å². The number of fused-ring (bicyclic) bond motifs is 1. The van der Waals surface area contributed by atoms with Crippen LogP contribution in [-0.2, 0) is 11.3 Å². The molecule has 1 fully saturated rings. The summed E-state index contributed by atoms with van der Waals surface area (Å²) in [5, 5.41) is 3.02. The molecule has 4 rings (SSSR count). The molecule has 146 valence electrons. The van der Waals surface area contributed by atoms with Crippen molar-refractivity contribution in [3.8, 4) is 0 Å². The zero-order chi connectivity index (χ0) is 19.5. The third-order valence-corrected chi connectivity index (χ3v) is 5.26. The number of furan rings is 1. The number of para-hydroxylation sites is 2. The third-order valence-electron chi connectivity index (χ3n) is 5.26. The van der Waals surface area contributed by atoms with Crippen LogP contribution >= 0.6 is 0 Å². The molecule has 0 unspecified atom stereocenters. The average molecular weight is 380 g/mol. The van der Waals surface area contributed by atoms with E-state index in [2.05, 4.69) is 21.8 Å². The molecule has 1 aromatic carbocycles. The zero-order valence-electron chi connectivity index (χ0n) is 15.9. The largest absolute Gasteiger partial charge is 0.472 e. The molecule has 0 radical (unpaired) electrons. The molecular formula is C21H24N4O3. The molecule has 1 N–H and O–H groups in total. The van der Waals surface area contributed by atoms with Gasteiger partial charge in [0, 0.05) is 25.6 Å². The molecule has 7 heteroatoms. The third kappa shape index (κ3) is 3.52. The van der Waals surface area contributed by atoms with Gasteiger partial charge in [0.1, 0.15) is 6.26 Å². The number of piperidine rings is 1. The number of hydrogen-bond acceptors (Lipinski definition) is 4. The number of imidazole rings is 1. The summed E-state index contributed by atoms with van der Waals surface area (Å²) < 4.78 is 7.05. The highest BCUT2D eigenvalue weighted by molar-refractivity contribution is 5.95. The van der Waals surface area contributed by atoms with Gasteiger partial charge in [-0.05, 0) is 37.5 Å². The second kappa shape index (κ2) is 7.88. The Hall–Kier alpha value is -3.09. The Morgan fingerprint density at radius 2 is 2.00 bits per heavy atom. The maximum atomic E-state index is 12.8. The van der Waals surface area contributed by atoms with E-state index in [9.17, 15) is 9.59 Å². The van der Waals surface area contributed by atoms with E-state index in [4.69, 9.17) is 4.42 Å². The lowest BCUT2D eigenvalue weighted by molar-refractivity contribution is -0.121. The summed E-state index contributed by atoms with van der Waals surface area (Å²) >= 11 is 0. The normalized spacial score (nSPS) is 15.1. The lowest BCUT2D eigenvalue weighted by atomic mass is 9.95. The number of benzene rings is 1. The fourth-order valence-corrected chi connectivity index (χ4v) is 3.75. The van der Waals surface area contributed by atoms with Crippen LogP contribution < -0.4 is 5.32 Å². The molecule has 0 aliphatic carbocycles. The first kappa shape index (κ1) is 18.3. The van der Waals surface area contributed by atoms with Crippen LogP contribution in [0, 0.1) is 5.92 Å². The SMILES string of the molecule is CCCn1c(NC(=O)C2CCN(C(=O)c3ccoc3)CC2)nc2ccccc21. The molecule has 0 bridgehead atoms. The minimum absolute atomic E-state index is 0.0249. The highest BCUT2D eigenvalue weighted by Crippen LogP contribution is 2.24. The summed E-state index contributed by atoms with van der Waals surface area (Å²) in [5.41, 5.74) is 2.46. The smallest absolute Gasteiger partial charge is 0.257 e. The molecule has 3 heterocycles. The van der Waals surface area contributed by atoms with Gasteiger partial charge in [-0.3, -0.25) is 14.9 Å². The highest BCUT2D eigenvalue weighted by atomic mass is 16.3. The molecule has 1 saturated heterocycles. The van der Waals surface area contributed by atoms with Gasteiger partial charge in [0.15, 0.2) is 0 Å². The van der Waals surface area contributed by atoms with E-state index in [1.54, 1.807) is 11.0 Å². The van der Waals surface area contributed by atoms with E-state index in [1.807, 2.05) is 24.3 Å².